The molecule has 2 N–H and O–H groups in total. The summed E-state index contributed by atoms with van der Waals surface area (Å²) >= 11 is 5.77. The van der Waals surface area contributed by atoms with Gasteiger partial charge in [0.15, 0.2) is 0 Å². The Morgan fingerprint density at radius 2 is 2.15 bits per heavy atom. The molecule has 110 valence electrons. The minimum absolute atomic E-state index is 0.0117. The van der Waals surface area contributed by atoms with Crippen molar-refractivity contribution in [2.75, 3.05) is 26.7 Å². The number of furan rings is 1. The number of nitrogens with one attached hydrogen (secondary N) is 2. The van der Waals surface area contributed by atoms with Crippen molar-refractivity contribution in [3.63, 3.8) is 0 Å². The molecule has 0 bridgehead atoms. The minimum atomic E-state index is -0.214. The van der Waals surface area contributed by atoms with Crippen LogP contribution in [-0.2, 0) is 4.79 Å². The average Bonchev–Trinajstić information content (AvgIpc) is 2.87. The van der Waals surface area contributed by atoms with Gasteiger partial charge in [-0.05, 0) is 30.5 Å². The number of likely N-dealkylation sites (tertiary alicyclic amines) is 1. The first-order chi connectivity index (χ1) is 9.60. The molecule has 0 saturated carbocycles. The quantitative estimate of drug-likeness (QED) is 0.865. The number of halogens is 1. The number of carbonyl (C=O) groups is 2. The number of likely N-dealkylation sites (N-methyl/N-ethyl adjacent to an activating group) is 1. The van der Waals surface area contributed by atoms with Gasteiger partial charge < -0.3 is 15.1 Å². The van der Waals surface area contributed by atoms with Crippen molar-refractivity contribution in [3.8, 4) is 0 Å². The van der Waals surface area contributed by atoms with Crippen molar-refractivity contribution >= 4 is 23.4 Å². The van der Waals surface area contributed by atoms with Gasteiger partial charge in [-0.1, -0.05) is 0 Å². The third kappa shape index (κ3) is 3.74. The van der Waals surface area contributed by atoms with Gasteiger partial charge in [-0.2, -0.15) is 0 Å². The second-order valence-electron chi connectivity index (χ2n) is 4.81. The van der Waals surface area contributed by atoms with E-state index in [1.54, 1.807) is 13.1 Å². The van der Waals surface area contributed by atoms with Crippen LogP contribution in [0.5, 0.6) is 0 Å². The van der Waals surface area contributed by atoms with Gasteiger partial charge in [0.2, 0.25) is 11.1 Å². The van der Waals surface area contributed by atoms with Crippen LogP contribution in [-0.4, -0.2) is 49.4 Å². The van der Waals surface area contributed by atoms with Gasteiger partial charge in [-0.3, -0.25) is 14.5 Å². The lowest BCUT2D eigenvalue weighted by molar-refractivity contribution is -0.122. The van der Waals surface area contributed by atoms with Crippen molar-refractivity contribution in [2.24, 2.45) is 0 Å². The molecule has 1 aliphatic rings. The van der Waals surface area contributed by atoms with E-state index in [0.29, 0.717) is 12.1 Å². The predicted octanol–water partition coefficient (Wildman–Crippen LogP) is 0.873. The van der Waals surface area contributed by atoms with Gasteiger partial charge >= 0.3 is 0 Å². The summed E-state index contributed by atoms with van der Waals surface area (Å²) in [6.45, 7) is 1.99. The Kier molecular flexibility index (Phi) is 5.03. The van der Waals surface area contributed by atoms with Crippen molar-refractivity contribution in [1.29, 1.82) is 0 Å². The Bertz CT molecular complexity index is 481. The van der Waals surface area contributed by atoms with E-state index in [2.05, 4.69) is 15.5 Å². The number of carbonyl (C=O) groups excluding carboxylic acids is 2. The Balaban J connectivity index is 1.79. The van der Waals surface area contributed by atoms with Crippen LogP contribution in [0, 0.1) is 0 Å². The molecule has 2 rings (SSSR count). The van der Waals surface area contributed by atoms with E-state index in [-0.39, 0.29) is 23.1 Å². The van der Waals surface area contributed by atoms with Crippen molar-refractivity contribution in [1.82, 2.24) is 15.5 Å². The number of hydrogen-bond donors (Lipinski definition) is 2. The van der Waals surface area contributed by atoms with Crippen LogP contribution in [0.25, 0.3) is 0 Å². The lowest BCUT2D eigenvalue weighted by atomic mass is 10.0. The fourth-order valence-corrected chi connectivity index (χ4v) is 2.44. The summed E-state index contributed by atoms with van der Waals surface area (Å²) < 4.78 is 4.90. The molecule has 2 amide bonds. The molecule has 0 aromatic carbocycles. The third-order valence-corrected chi connectivity index (χ3v) is 3.72. The van der Waals surface area contributed by atoms with E-state index < -0.39 is 0 Å². The maximum atomic E-state index is 12.0. The topological polar surface area (TPSA) is 74.6 Å². The van der Waals surface area contributed by atoms with Crippen LogP contribution in [0.2, 0.25) is 5.22 Å². The molecule has 2 heterocycles. The molecule has 1 aliphatic heterocycles. The Labute approximate surface area is 122 Å². The predicted molar refractivity (Wildman–Crippen MR) is 74.7 cm³/mol. The van der Waals surface area contributed by atoms with Gasteiger partial charge in [0.25, 0.3) is 5.91 Å². The van der Waals surface area contributed by atoms with Crippen LogP contribution >= 0.6 is 11.6 Å². The monoisotopic (exact) mass is 299 g/mol. The maximum absolute atomic E-state index is 12.0. The summed E-state index contributed by atoms with van der Waals surface area (Å²) in [7, 11) is 1.63. The van der Waals surface area contributed by atoms with E-state index in [9.17, 15) is 9.59 Å². The Morgan fingerprint density at radius 1 is 1.45 bits per heavy atom. The van der Waals surface area contributed by atoms with E-state index in [1.807, 2.05) is 0 Å². The van der Waals surface area contributed by atoms with Crippen LogP contribution in [0.1, 0.15) is 23.2 Å². The van der Waals surface area contributed by atoms with Crippen molar-refractivity contribution in [2.45, 2.75) is 18.9 Å². The zero-order valence-electron chi connectivity index (χ0n) is 11.3. The zero-order valence-corrected chi connectivity index (χ0v) is 12.1. The number of rotatable bonds is 4. The van der Waals surface area contributed by atoms with Crippen LogP contribution in [0.4, 0.5) is 0 Å². The van der Waals surface area contributed by atoms with E-state index >= 15 is 0 Å². The van der Waals surface area contributed by atoms with Crippen LogP contribution < -0.4 is 10.6 Å². The number of nitrogens with zero attached hydrogens (tertiary/aromatic N) is 1. The Morgan fingerprint density at radius 3 is 2.70 bits per heavy atom. The lowest BCUT2D eigenvalue weighted by Gasteiger charge is -2.31. The first kappa shape index (κ1) is 14.9. The second kappa shape index (κ2) is 6.76. The summed E-state index contributed by atoms with van der Waals surface area (Å²) in [5.41, 5.74) is 0.361. The largest absolute Gasteiger partial charge is 0.452 e. The molecular formula is C13H18ClN3O3. The smallest absolute Gasteiger partial charge is 0.256 e. The molecular weight excluding hydrogens is 282 g/mol. The second-order valence-corrected chi connectivity index (χ2v) is 5.15. The highest BCUT2D eigenvalue weighted by molar-refractivity contribution is 6.32. The SMILES string of the molecule is CNC(=O)CN1CCC(NC(=O)c2ccoc2Cl)CC1. The fourth-order valence-electron chi connectivity index (χ4n) is 2.24. The first-order valence-corrected chi connectivity index (χ1v) is 6.94. The molecule has 6 nitrogen and oxygen atoms in total. The molecule has 1 saturated heterocycles. The summed E-state index contributed by atoms with van der Waals surface area (Å²) in [6, 6.07) is 1.66. The Hall–Kier alpha value is -1.53. The van der Waals surface area contributed by atoms with Gasteiger partial charge in [0.05, 0.1) is 18.4 Å². The third-order valence-electron chi connectivity index (χ3n) is 3.43. The van der Waals surface area contributed by atoms with E-state index in [1.165, 1.54) is 6.26 Å². The fraction of sp³-hybridized carbons (Fsp3) is 0.538. The number of hydrogen-bond acceptors (Lipinski definition) is 4. The number of piperidine rings is 1. The standard InChI is InChI=1S/C13H18ClN3O3/c1-15-11(18)8-17-5-2-9(3-6-17)16-13(19)10-4-7-20-12(10)14/h4,7,9H,2-3,5-6,8H2,1H3,(H,15,18)(H,16,19). The van der Waals surface area contributed by atoms with Crippen molar-refractivity contribution in [3.05, 3.63) is 23.1 Å². The molecule has 0 atom stereocenters. The molecule has 1 fully saturated rings. The molecule has 1 aromatic rings. The summed E-state index contributed by atoms with van der Waals surface area (Å²) in [5, 5.41) is 5.66. The zero-order chi connectivity index (χ0) is 14.5. The van der Waals surface area contributed by atoms with Gasteiger partial charge in [-0.25, -0.2) is 0 Å². The van der Waals surface area contributed by atoms with Crippen LogP contribution in [0.15, 0.2) is 16.7 Å². The van der Waals surface area contributed by atoms with E-state index in [0.717, 1.165) is 25.9 Å². The first-order valence-electron chi connectivity index (χ1n) is 6.57. The van der Waals surface area contributed by atoms with Gasteiger partial charge in [0, 0.05) is 26.2 Å². The molecule has 7 heteroatoms. The average molecular weight is 300 g/mol. The molecule has 0 aliphatic carbocycles. The normalized spacial score (nSPS) is 16.9. The lowest BCUT2D eigenvalue weighted by Crippen LogP contribution is -2.47. The molecule has 0 spiro atoms. The highest BCUT2D eigenvalue weighted by Gasteiger charge is 2.23. The molecule has 0 unspecified atom stereocenters. The van der Waals surface area contributed by atoms with Gasteiger partial charge in [0.1, 0.15) is 0 Å². The molecule has 1 aromatic heterocycles. The summed E-state index contributed by atoms with van der Waals surface area (Å²) in [4.78, 5) is 25.3. The van der Waals surface area contributed by atoms with E-state index in [4.69, 9.17) is 16.0 Å². The highest BCUT2D eigenvalue weighted by atomic mass is 35.5. The molecule has 0 radical (unpaired) electrons. The summed E-state index contributed by atoms with van der Waals surface area (Å²) in [5.74, 6) is -0.203. The van der Waals surface area contributed by atoms with Gasteiger partial charge in [-0.15, -0.1) is 0 Å². The molecule has 20 heavy (non-hydrogen) atoms. The highest BCUT2D eigenvalue weighted by Crippen LogP contribution is 2.17. The minimum Gasteiger partial charge on any atom is -0.452 e. The number of amides is 2. The van der Waals surface area contributed by atoms with Crippen molar-refractivity contribution < 1.29 is 14.0 Å². The maximum Gasteiger partial charge on any atom is 0.256 e. The summed E-state index contributed by atoms with van der Waals surface area (Å²) in [6.07, 6.45) is 3.03. The van der Waals surface area contributed by atoms with Crippen LogP contribution in [0.3, 0.4) is 0 Å².